The number of rotatable bonds is 3. The smallest absolute Gasteiger partial charge is 0.234 e. The molecule has 2 fully saturated rings. The average molecular weight is 267 g/mol. The van der Waals surface area contributed by atoms with Crippen molar-refractivity contribution in [1.82, 2.24) is 15.5 Å². The second kappa shape index (κ2) is 6.71. The van der Waals surface area contributed by atoms with Crippen molar-refractivity contribution in [2.24, 2.45) is 11.8 Å². The molecule has 0 aromatic heterocycles. The fraction of sp³-hybridized carbons (Fsp3) is 0.933. The molecule has 19 heavy (non-hydrogen) atoms. The van der Waals surface area contributed by atoms with E-state index in [1.807, 2.05) is 0 Å². The summed E-state index contributed by atoms with van der Waals surface area (Å²) in [6, 6.07) is 0.881. The van der Waals surface area contributed by atoms with Crippen LogP contribution < -0.4 is 10.6 Å². The number of carbonyl (C=O) groups excluding carboxylic acids is 1. The molecule has 1 saturated carbocycles. The summed E-state index contributed by atoms with van der Waals surface area (Å²) >= 11 is 0. The molecular formula is C15H29N3O. The van der Waals surface area contributed by atoms with Crippen molar-refractivity contribution in [3.63, 3.8) is 0 Å². The minimum Gasteiger partial charge on any atom is -0.352 e. The third-order valence-electron chi connectivity index (χ3n) is 4.87. The van der Waals surface area contributed by atoms with Crippen LogP contribution in [0.1, 0.15) is 40.0 Å². The Hall–Kier alpha value is -0.610. The molecule has 4 unspecified atom stereocenters. The third kappa shape index (κ3) is 4.18. The van der Waals surface area contributed by atoms with Crippen molar-refractivity contribution in [3.8, 4) is 0 Å². The van der Waals surface area contributed by atoms with Gasteiger partial charge in [-0.05, 0) is 25.2 Å². The number of hydrogen-bond acceptors (Lipinski definition) is 3. The Morgan fingerprint density at radius 2 is 2.11 bits per heavy atom. The zero-order valence-electron chi connectivity index (χ0n) is 12.6. The summed E-state index contributed by atoms with van der Waals surface area (Å²) < 4.78 is 0. The van der Waals surface area contributed by atoms with Crippen LogP contribution in [0.4, 0.5) is 0 Å². The number of carbonyl (C=O) groups is 1. The Balaban J connectivity index is 1.77. The molecule has 4 heteroatoms. The Bertz CT molecular complexity index is 308. The van der Waals surface area contributed by atoms with Gasteiger partial charge in [0, 0.05) is 31.7 Å². The third-order valence-corrected chi connectivity index (χ3v) is 4.87. The molecule has 1 heterocycles. The number of amides is 1. The summed E-state index contributed by atoms with van der Waals surface area (Å²) in [6.07, 6.45) is 3.71. The normalized spacial score (nSPS) is 37.0. The van der Waals surface area contributed by atoms with Crippen LogP contribution in [-0.2, 0) is 4.79 Å². The van der Waals surface area contributed by atoms with Gasteiger partial charge in [-0.2, -0.15) is 0 Å². The van der Waals surface area contributed by atoms with Gasteiger partial charge in [-0.25, -0.2) is 0 Å². The summed E-state index contributed by atoms with van der Waals surface area (Å²) in [7, 11) is 0. The monoisotopic (exact) mass is 267 g/mol. The molecule has 1 aliphatic carbocycles. The minimum atomic E-state index is 0.208. The van der Waals surface area contributed by atoms with E-state index in [2.05, 4.69) is 36.3 Å². The van der Waals surface area contributed by atoms with Crippen LogP contribution >= 0.6 is 0 Å². The zero-order valence-corrected chi connectivity index (χ0v) is 12.6. The van der Waals surface area contributed by atoms with Crippen LogP contribution in [0, 0.1) is 11.8 Å². The Morgan fingerprint density at radius 1 is 1.32 bits per heavy atom. The van der Waals surface area contributed by atoms with Crippen LogP contribution in [0.25, 0.3) is 0 Å². The molecule has 2 aliphatic rings. The molecule has 4 nitrogen and oxygen atoms in total. The highest BCUT2D eigenvalue weighted by atomic mass is 16.2. The Kier molecular flexibility index (Phi) is 5.22. The van der Waals surface area contributed by atoms with Gasteiger partial charge < -0.3 is 10.6 Å². The van der Waals surface area contributed by atoms with Gasteiger partial charge in [-0.1, -0.05) is 26.7 Å². The highest BCUT2D eigenvalue weighted by Gasteiger charge is 2.28. The summed E-state index contributed by atoms with van der Waals surface area (Å²) in [5.41, 5.74) is 0. The molecule has 4 atom stereocenters. The molecule has 0 spiro atoms. The first-order valence-electron chi connectivity index (χ1n) is 7.81. The molecular weight excluding hydrogens is 238 g/mol. The zero-order chi connectivity index (χ0) is 13.8. The number of piperazine rings is 1. The first-order valence-corrected chi connectivity index (χ1v) is 7.81. The largest absolute Gasteiger partial charge is 0.352 e. The highest BCUT2D eigenvalue weighted by molar-refractivity contribution is 5.78. The highest BCUT2D eigenvalue weighted by Crippen LogP contribution is 2.29. The first-order chi connectivity index (χ1) is 9.06. The molecule has 1 amide bonds. The van der Waals surface area contributed by atoms with Crippen molar-refractivity contribution in [2.75, 3.05) is 26.2 Å². The number of hydrogen-bond donors (Lipinski definition) is 2. The molecule has 0 bridgehead atoms. The quantitative estimate of drug-likeness (QED) is 0.808. The predicted octanol–water partition coefficient (Wildman–Crippen LogP) is 1.22. The van der Waals surface area contributed by atoms with Crippen molar-refractivity contribution in [3.05, 3.63) is 0 Å². The van der Waals surface area contributed by atoms with Gasteiger partial charge in [0.05, 0.1) is 6.54 Å². The fourth-order valence-corrected chi connectivity index (χ4v) is 3.40. The van der Waals surface area contributed by atoms with E-state index in [1.165, 1.54) is 12.8 Å². The summed E-state index contributed by atoms with van der Waals surface area (Å²) in [6.45, 7) is 10.3. The Labute approximate surface area is 117 Å². The first kappa shape index (κ1) is 14.8. The topological polar surface area (TPSA) is 44.4 Å². The SMILES string of the molecule is CC1CN(CC(=O)NC2CCCC(C)C2C)CCN1. The van der Waals surface area contributed by atoms with Crippen molar-refractivity contribution in [2.45, 2.75) is 52.1 Å². The lowest BCUT2D eigenvalue weighted by atomic mass is 9.78. The van der Waals surface area contributed by atoms with Crippen LogP contribution in [-0.4, -0.2) is 49.1 Å². The summed E-state index contributed by atoms with van der Waals surface area (Å²) in [4.78, 5) is 14.4. The predicted molar refractivity (Wildman–Crippen MR) is 78.0 cm³/mol. The van der Waals surface area contributed by atoms with E-state index in [9.17, 15) is 4.79 Å². The molecule has 0 aromatic carbocycles. The molecule has 1 saturated heterocycles. The second-order valence-corrected chi connectivity index (χ2v) is 6.53. The minimum absolute atomic E-state index is 0.208. The van der Waals surface area contributed by atoms with Crippen LogP contribution in [0.2, 0.25) is 0 Å². The van der Waals surface area contributed by atoms with Gasteiger partial charge in [0.25, 0.3) is 0 Å². The fourth-order valence-electron chi connectivity index (χ4n) is 3.40. The van der Waals surface area contributed by atoms with Crippen LogP contribution in [0.5, 0.6) is 0 Å². The number of nitrogens with one attached hydrogen (secondary N) is 2. The van der Waals surface area contributed by atoms with Crippen LogP contribution in [0.15, 0.2) is 0 Å². The van der Waals surface area contributed by atoms with E-state index in [1.54, 1.807) is 0 Å². The van der Waals surface area contributed by atoms with Gasteiger partial charge in [0.15, 0.2) is 0 Å². The maximum atomic E-state index is 12.2. The van der Waals surface area contributed by atoms with Gasteiger partial charge in [-0.15, -0.1) is 0 Å². The lowest BCUT2D eigenvalue weighted by Gasteiger charge is -2.36. The second-order valence-electron chi connectivity index (χ2n) is 6.53. The van der Waals surface area contributed by atoms with Crippen molar-refractivity contribution < 1.29 is 4.79 Å². The van der Waals surface area contributed by atoms with E-state index >= 15 is 0 Å². The van der Waals surface area contributed by atoms with Gasteiger partial charge in [0.2, 0.25) is 5.91 Å². The van der Waals surface area contributed by atoms with Crippen molar-refractivity contribution in [1.29, 1.82) is 0 Å². The van der Waals surface area contributed by atoms with Gasteiger partial charge in [-0.3, -0.25) is 9.69 Å². The van der Waals surface area contributed by atoms with Crippen LogP contribution in [0.3, 0.4) is 0 Å². The van der Waals surface area contributed by atoms with E-state index in [4.69, 9.17) is 0 Å². The van der Waals surface area contributed by atoms with E-state index in [0.29, 0.717) is 24.5 Å². The molecule has 0 radical (unpaired) electrons. The maximum Gasteiger partial charge on any atom is 0.234 e. The van der Waals surface area contributed by atoms with Gasteiger partial charge >= 0.3 is 0 Å². The van der Waals surface area contributed by atoms with E-state index in [-0.39, 0.29) is 5.91 Å². The van der Waals surface area contributed by atoms with Gasteiger partial charge in [0.1, 0.15) is 0 Å². The van der Waals surface area contributed by atoms with Crippen molar-refractivity contribution >= 4 is 5.91 Å². The Morgan fingerprint density at radius 3 is 2.84 bits per heavy atom. The van der Waals surface area contributed by atoms with E-state index < -0.39 is 0 Å². The molecule has 0 aromatic rings. The molecule has 110 valence electrons. The summed E-state index contributed by atoms with van der Waals surface area (Å²) in [5.74, 6) is 1.55. The molecule has 2 N–H and O–H groups in total. The standard InChI is InChI=1S/C15H29N3O/c1-11-5-4-6-14(13(11)3)17-15(19)10-18-8-7-16-12(2)9-18/h11-14,16H,4-10H2,1-3H3,(H,17,19). The maximum absolute atomic E-state index is 12.2. The lowest BCUT2D eigenvalue weighted by Crippen LogP contribution is -2.53. The molecule has 2 rings (SSSR count). The summed E-state index contributed by atoms with van der Waals surface area (Å²) in [5, 5.41) is 6.67. The molecule has 1 aliphatic heterocycles. The van der Waals surface area contributed by atoms with E-state index in [0.717, 1.165) is 32.0 Å². The number of nitrogens with zero attached hydrogens (tertiary/aromatic N) is 1. The average Bonchev–Trinajstić information content (AvgIpc) is 2.35. The lowest BCUT2D eigenvalue weighted by molar-refractivity contribution is -0.123.